The average molecular weight is 260 g/mol. The van der Waals surface area contributed by atoms with Crippen LogP contribution in [-0.4, -0.2) is 18.1 Å². The Kier molecular flexibility index (Phi) is 4.64. The highest BCUT2D eigenvalue weighted by Gasteiger charge is 2.29. The maximum Gasteiger partial charge on any atom is 0.0213 e. The van der Waals surface area contributed by atoms with Crippen molar-refractivity contribution in [3.05, 3.63) is 35.4 Å². The van der Waals surface area contributed by atoms with Crippen LogP contribution in [0.15, 0.2) is 24.3 Å². The lowest BCUT2D eigenvalue weighted by atomic mass is 10.0. The van der Waals surface area contributed by atoms with Crippen molar-refractivity contribution in [3.63, 3.8) is 0 Å². The molecule has 0 saturated carbocycles. The van der Waals surface area contributed by atoms with Gasteiger partial charge in [-0.05, 0) is 43.7 Å². The first-order chi connectivity index (χ1) is 8.94. The van der Waals surface area contributed by atoms with Crippen LogP contribution in [0.2, 0.25) is 0 Å². The van der Waals surface area contributed by atoms with Crippen molar-refractivity contribution < 1.29 is 0 Å². The zero-order chi connectivity index (χ0) is 13.9. The predicted octanol–water partition coefficient (Wildman–Crippen LogP) is 3.12. The fraction of sp³-hybridized carbons (Fsp3) is 0.647. The molecule has 1 atom stereocenters. The molecule has 0 aromatic heterocycles. The Labute approximate surface area is 118 Å². The largest absolute Gasteiger partial charge is 0.310 e. The molecule has 19 heavy (non-hydrogen) atoms. The molecule has 1 saturated heterocycles. The zero-order valence-electron chi connectivity index (χ0n) is 12.8. The fourth-order valence-corrected chi connectivity index (χ4v) is 2.83. The molecular formula is C17H28N2. The molecule has 0 amide bonds. The minimum absolute atomic E-state index is 0.290. The Bertz CT molecular complexity index is 392. The highest BCUT2D eigenvalue weighted by Crippen LogP contribution is 2.18. The number of hydrogen-bond acceptors (Lipinski definition) is 2. The summed E-state index contributed by atoms with van der Waals surface area (Å²) in [6.07, 6.45) is 2.38. The second kappa shape index (κ2) is 6.06. The topological polar surface area (TPSA) is 24.1 Å². The van der Waals surface area contributed by atoms with E-state index >= 15 is 0 Å². The number of nitrogens with one attached hydrogen (secondary N) is 2. The van der Waals surface area contributed by atoms with Gasteiger partial charge < -0.3 is 10.6 Å². The van der Waals surface area contributed by atoms with E-state index in [4.69, 9.17) is 0 Å². The molecule has 1 aromatic rings. The van der Waals surface area contributed by atoms with Crippen LogP contribution in [0.3, 0.4) is 0 Å². The standard InChI is InChI=1S/C17H28N2/c1-13(2)9-14-5-7-15(8-6-14)11-18-16-10-17(3,4)19-12-16/h5-8,13,16,18-19H,9-12H2,1-4H3. The van der Waals surface area contributed by atoms with E-state index in [2.05, 4.69) is 62.6 Å². The van der Waals surface area contributed by atoms with Crippen LogP contribution >= 0.6 is 0 Å². The lowest BCUT2D eigenvalue weighted by Gasteiger charge is -2.17. The molecule has 2 nitrogen and oxygen atoms in total. The molecule has 106 valence electrons. The molecule has 0 bridgehead atoms. The molecule has 2 N–H and O–H groups in total. The van der Waals surface area contributed by atoms with Crippen LogP contribution in [0.5, 0.6) is 0 Å². The minimum atomic E-state index is 0.290. The second-order valence-corrected chi connectivity index (χ2v) is 6.96. The zero-order valence-corrected chi connectivity index (χ0v) is 12.8. The van der Waals surface area contributed by atoms with Gasteiger partial charge in [-0.2, -0.15) is 0 Å². The summed E-state index contributed by atoms with van der Waals surface area (Å²) >= 11 is 0. The summed E-state index contributed by atoms with van der Waals surface area (Å²) in [7, 11) is 0. The summed E-state index contributed by atoms with van der Waals surface area (Å²) in [5.41, 5.74) is 3.12. The lowest BCUT2D eigenvalue weighted by molar-refractivity contribution is 0.442. The van der Waals surface area contributed by atoms with Crippen LogP contribution in [0, 0.1) is 5.92 Å². The van der Waals surface area contributed by atoms with E-state index in [0.717, 1.165) is 19.0 Å². The summed E-state index contributed by atoms with van der Waals surface area (Å²) in [5, 5.41) is 7.20. The van der Waals surface area contributed by atoms with Gasteiger partial charge in [-0.1, -0.05) is 38.1 Å². The normalized spacial score (nSPS) is 22.1. The molecular weight excluding hydrogens is 232 g/mol. The molecule has 0 spiro atoms. The summed E-state index contributed by atoms with van der Waals surface area (Å²) in [6, 6.07) is 9.67. The van der Waals surface area contributed by atoms with E-state index < -0.39 is 0 Å². The molecule has 1 aliphatic heterocycles. The maximum absolute atomic E-state index is 3.65. The highest BCUT2D eigenvalue weighted by molar-refractivity contribution is 5.22. The Morgan fingerprint density at radius 3 is 2.37 bits per heavy atom. The van der Waals surface area contributed by atoms with Gasteiger partial charge in [-0.15, -0.1) is 0 Å². The lowest BCUT2D eigenvalue weighted by Crippen LogP contribution is -2.31. The quantitative estimate of drug-likeness (QED) is 0.850. The SMILES string of the molecule is CC(C)Cc1ccc(CNC2CNC(C)(C)C2)cc1. The van der Waals surface area contributed by atoms with Crippen molar-refractivity contribution in [1.29, 1.82) is 0 Å². The van der Waals surface area contributed by atoms with Crippen molar-refractivity contribution in [1.82, 2.24) is 10.6 Å². The Hall–Kier alpha value is -0.860. The number of hydrogen-bond donors (Lipinski definition) is 2. The van der Waals surface area contributed by atoms with E-state index in [1.807, 2.05) is 0 Å². The molecule has 2 rings (SSSR count). The monoisotopic (exact) mass is 260 g/mol. The maximum atomic E-state index is 3.65. The highest BCUT2D eigenvalue weighted by atomic mass is 15.1. The van der Waals surface area contributed by atoms with Crippen LogP contribution < -0.4 is 10.6 Å². The first-order valence-electron chi connectivity index (χ1n) is 7.51. The van der Waals surface area contributed by atoms with Gasteiger partial charge in [-0.25, -0.2) is 0 Å². The van der Waals surface area contributed by atoms with Gasteiger partial charge >= 0.3 is 0 Å². The Balaban J connectivity index is 1.80. The molecule has 0 radical (unpaired) electrons. The Morgan fingerprint density at radius 2 is 1.84 bits per heavy atom. The summed E-state index contributed by atoms with van der Waals surface area (Å²) in [5.74, 6) is 0.732. The smallest absolute Gasteiger partial charge is 0.0213 e. The third-order valence-corrected chi connectivity index (χ3v) is 3.85. The second-order valence-electron chi connectivity index (χ2n) is 6.96. The number of benzene rings is 1. The molecule has 1 unspecified atom stereocenters. The average Bonchev–Trinajstić information content (AvgIpc) is 2.67. The van der Waals surface area contributed by atoms with Crippen molar-refractivity contribution in [2.75, 3.05) is 6.54 Å². The fourth-order valence-electron chi connectivity index (χ4n) is 2.83. The summed E-state index contributed by atoms with van der Waals surface area (Å²) in [4.78, 5) is 0. The third-order valence-electron chi connectivity index (χ3n) is 3.85. The molecule has 1 aliphatic rings. The molecule has 0 aliphatic carbocycles. The van der Waals surface area contributed by atoms with Crippen molar-refractivity contribution in [2.24, 2.45) is 5.92 Å². The van der Waals surface area contributed by atoms with Crippen LogP contribution in [0.25, 0.3) is 0 Å². The van der Waals surface area contributed by atoms with Gasteiger partial charge in [0.05, 0.1) is 0 Å². The first kappa shape index (κ1) is 14.5. The van der Waals surface area contributed by atoms with Crippen LogP contribution in [0.1, 0.15) is 45.2 Å². The van der Waals surface area contributed by atoms with E-state index in [9.17, 15) is 0 Å². The van der Waals surface area contributed by atoms with Gasteiger partial charge in [0.25, 0.3) is 0 Å². The van der Waals surface area contributed by atoms with Gasteiger partial charge in [0.2, 0.25) is 0 Å². The van der Waals surface area contributed by atoms with E-state index in [-0.39, 0.29) is 0 Å². The van der Waals surface area contributed by atoms with E-state index in [1.54, 1.807) is 0 Å². The molecule has 1 heterocycles. The van der Waals surface area contributed by atoms with Crippen molar-refractivity contribution in [3.8, 4) is 0 Å². The predicted molar refractivity (Wildman–Crippen MR) is 82.3 cm³/mol. The number of rotatable bonds is 5. The summed E-state index contributed by atoms with van der Waals surface area (Å²) in [6.45, 7) is 11.1. The first-order valence-corrected chi connectivity index (χ1v) is 7.51. The molecule has 1 aromatic carbocycles. The van der Waals surface area contributed by atoms with Crippen molar-refractivity contribution >= 4 is 0 Å². The van der Waals surface area contributed by atoms with Gasteiger partial charge in [-0.3, -0.25) is 0 Å². The van der Waals surface area contributed by atoms with E-state index in [1.165, 1.54) is 24.0 Å². The van der Waals surface area contributed by atoms with Gasteiger partial charge in [0.15, 0.2) is 0 Å². The van der Waals surface area contributed by atoms with Crippen LogP contribution in [-0.2, 0) is 13.0 Å². The van der Waals surface area contributed by atoms with Gasteiger partial charge in [0.1, 0.15) is 0 Å². The minimum Gasteiger partial charge on any atom is -0.310 e. The molecule has 1 fully saturated rings. The third kappa shape index (κ3) is 4.63. The Morgan fingerprint density at radius 1 is 1.21 bits per heavy atom. The van der Waals surface area contributed by atoms with Crippen molar-refractivity contribution in [2.45, 2.75) is 58.7 Å². The van der Waals surface area contributed by atoms with Gasteiger partial charge in [0, 0.05) is 24.7 Å². The molecule has 2 heteroatoms. The van der Waals surface area contributed by atoms with Crippen LogP contribution in [0.4, 0.5) is 0 Å². The van der Waals surface area contributed by atoms with E-state index in [0.29, 0.717) is 11.6 Å². The summed E-state index contributed by atoms with van der Waals surface area (Å²) < 4.78 is 0.